The van der Waals surface area contributed by atoms with E-state index >= 15 is 0 Å². The third-order valence-corrected chi connectivity index (χ3v) is 3.29. The standard InChI is InChI=1S/C18H20N2O/c1-14-7-8-16(13-17(14)19)9-10-18(21)20-12-11-15-5-3-2-4-6-15/h2-10,13H,11-12,19H2,1H3,(H,20,21)/b10-9+. The van der Waals surface area contributed by atoms with Gasteiger partial charge in [0.15, 0.2) is 0 Å². The maximum absolute atomic E-state index is 11.7. The zero-order valence-corrected chi connectivity index (χ0v) is 12.2. The van der Waals surface area contributed by atoms with Gasteiger partial charge in [0.1, 0.15) is 0 Å². The fraction of sp³-hybridized carbons (Fsp3) is 0.167. The minimum atomic E-state index is -0.0925. The molecule has 0 atom stereocenters. The summed E-state index contributed by atoms with van der Waals surface area (Å²) in [6.45, 7) is 2.59. The Hall–Kier alpha value is -2.55. The van der Waals surface area contributed by atoms with E-state index in [1.54, 1.807) is 6.08 Å². The number of carbonyl (C=O) groups is 1. The lowest BCUT2D eigenvalue weighted by atomic mass is 10.1. The summed E-state index contributed by atoms with van der Waals surface area (Å²) in [4.78, 5) is 11.7. The number of rotatable bonds is 5. The van der Waals surface area contributed by atoms with Crippen LogP contribution in [0.15, 0.2) is 54.6 Å². The fourth-order valence-electron chi connectivity index (χ4n) is 1.97. The lowest BCUT2D eigenvalue weighted by Gasteiger charge is -2.03. The Morgan fingerprint density at radius 1 is 1.19 bits per heavy atom. The van der Waals surface area contributed by atoms with Crippen LogP contribution in [0, 0.1) is 6.92 Å². The van der Waals surface area contributed by atoms with Gasteiger partial charge < -0.3 is 11.1 Å². The summed E-state index contributed by atoms with van der Waals surface area (Å²) < 4.78 is 0. The van der Waals surface area contributed by atoms with Crippen molar-refractivity contribution in [2.45, 2.75) is 13.3 Å². The van der Waals surface area contributed by atoms with Crippen LogP contribution in [0.3, 0.4) is 0 Å². The molecule has 1 amide bonds. The highest BCUT2D eigenvalue weighted by molar-refractivity contribution is 5.91. The van der Waals surface area contributed by atoms with Gasteiger partial charge in [0, 0.05) is 18.3 Å². The van der Waals surface area contributed by atoms with Crippen molar-refractivity contribution < 1.29 is 4.79 Å². The van der Waals surface area contributed by atoms with Crippen molar-refractivity contribution in [1.29, 1.82) is 0 Å². The number of hydrogen-bond donors (Lipinski definition) is 2. The van der Waals surface area contributed by atoms with Crippen molar-refractivity contribution >= 4 is 17.7 Å². The Labute approximate surface area is 125 Å². The highest BCUT2D eigenvalue weighted by atomic mass is 16.1. The molecule has 0 aliphatic heterocycles. The van der Waals surface area contributed by atoms with E-state index in [4.69, 9.17) is 5.73 Å². The van der Waals surface area contributed by atoms with Crippen LogP contribution < -0.4 is 11.1 Å². The third-order valence-electron chi connectivity index (χ3n) is 3.29. The monoisotopic (exact) mass is 280 g/mol. The van der Waals surface area contributed by atoms with E-state index in [9.17, 15) is 4.79 Å². The quantitative estimate of drug-likeness (QED) is 0.653. The van der Waals surface area contributed by atoms with E-state index in [-0.39, 0.29) is 5.91 Å². The largest absolute Gasteiger partial charge is 0.398 e. The molecule has 0 heterocycles. The molecule has 3 heteroatoms. The Balaban J connectivity index is 1.81. The van der Waals surface area contributed by atoms with E-state index in [0.29, 0.717) is 6.54 Å². The number of aryl methyl sites for hydroxylation is 1. The van der Waals surface area contributed by atoms with Gasteiger partial charge in [-0.05, 0) is 42.2 Å². The van der Waals surface area contributed by atoms with Crippen molar-refractivity contribution in [2.75, 3.05) is 12.3 Å². The number of nitrogens with one attached hydrogen (secondary N) is 1. The van der Waals surface area contributed by atoms with E-state index in [2.05, 4.69) is 17.4 Å². The van der Waals surface area contributed by atoms with E-state index in [1.165, 1.54) is 11.6 Å². The topological polar surface area (TPSA) is 55.1 Å². The molecule has 2 aromatic carbocycles. The number of nitrogens with two attached hydrogens (primary N) is 1. The molecule has 0 aliphatic carbocycles. The van der Waals surface area contributed by atoms with Crippen LogP contribution >= 0.6 is 0 Å². The van der Waals surface area contributed by atoms with Crippen molar-refractivity contribution in [1.82, 2.24) is 5.32 Å². The molecular weight excluding hydrogens is 260 g/mol. The predicted molar refractivity (Wildman–Crippen MR) is 87.8 cm³/mol. The van der Waals surface area contributed by atoms with Gasteiger partial charge in [0.25, 0.3) is 0 Å². The number of amides is 1. The molecular formula is C18H20N2O. The van der Waals surface area contributed by atoms with Crippen molar-refractivity contribution in [2.24, 2.45) is 0 Å². The van der Waals surface area contributed by atoms with Crippen molar-refractivity contribution in [3.8, 4) is 0 Å². The number of carbonyl (C=O) groups excluding carboxylic acids is 1. The predicted octanol–water partition coefficient (Wildman–Crippen LogP) is 2.95. The average Bonchev–Trinajstić information content (AvgIpc) is 2.49. The number of anilines is 1. The summed E-state index contributed by atoms with van der Waals surface area (Å²) in [6.07, 6.45) is 4.14. The number of nitrogen functional groups attached to an aromatic ring is 1. The van der Waals surface area contributed by atoms with E-state index < -0.39 is 0 Å². The summed E-state index contributed by atoms with van der Waals surface area (Å²) in [5, 5.41) is 2.87. The summed E-state index contributed by atoms with van der Waals surface area (Å²) >= 11 is 0. The first-order valence-corrected chi connectivity index (χ1v) is 7.01. The first-order chi connectivity index (χ1) is 10.1. The van der Waals surface area contributed by atoms with E-state index in [1.807, 2.05) is 43.3 Å². The summed E-state index contributed by atoms with van der Waals surface area (Å²) in [6, 6.07) is 15.8. The average molecular weight is 280 g/mol. The molecule has 0 saturated heterocycles. The molecule has 0 unspecified atom stereocenters. The fourth-order valence-corrected chi connectivity index (χ4v) is 1.97. The van der Waals surface area contributed by atoms with Crippen LogP contribution in [0.1, 0.15) is 16.7 Å². The lowest BCUT2D eigenvalue weighted by Crippen LogP contribution is -2.23. The minimum Gasteiger partial charge on any atom is -0.398 e. The zero-order chi connectivity index (χ0) is 15.1. The first kappa shape index (κ1) is 14.9. The smallest absolute Gasteiger partial charge is 0.244 e. The lowest BCUT2D eigenvalue weighted by molar-refractivity contribution is -0.116. The van der Waals surface area contributed by atoms with Crippen LogP contribution in [0.2, 0.25) is 0 Å². The molecule has 3 N–H and O–H groups in total. The summed E-state index contributed by atoms with van der Waals surface area (Å²) in [5.41, 5.74) is 9.76. The van der Waals surface area contributed by atoms with Gasteiger partial charge in [-0.3, -0.25) is 4.79 Å². The van der Waals surface area contributed by atoms with Crippen molar-refractivity contribution in [3.63, 3.8) is 0 Å². The van der Waals surface area contributed by atoms with Gasteiger partial charge in [-0.2, -0.15) is 0 Å². The molecule has 0 fully saturated rings. The van der Waals surface area contributed by atoms with Crippen LogP contribution in [0.4, 0.5) is 5.69 Å². The highest BCUT2D eigenvalue weighted by Gasteiger charge is 1.97. The molecule has 0 aromatic heterocycles. The second kappa shape index (κ2) is 7.29. The Morgan fingerprint density at radius 2 is 1.95 bits per heavy atom. The molecule has 108 valence electrons. The van der Waals surface area contributed by atoms with Crippen LogP contribution in [-0.2, 0) is 11.2 Å². The number of hydrogen-bond acceptors (Lipinski definition) is 2. The maximum atomic E-state index is 11.7. The molecule has 0 saturated carbocycles. The Kier molecular flexibility index (Phi) is 5.16. The van der Waals surface area contributed by atoms with Crippen LogP contribution in [-0.4, -0.2) is 12.5 Å². The van der Waals surface area contributed by atoms with Gasteiger partial charge in [0.2, 0.25) is 5.91 Å². The van der Waals surface area contributed by atoms with Crippen molar-refractivity contribution in [3.05, 3.63) is 71.3 Å². The Bertz CT molecular complexity index is 633. The second-order valence-corrected chi connectivity index (χ2v) is 4.98. The summed E-state index contributed by atoms with van der Waals surface area (Å²) in [5.74, 6) is -0.0925. The summed E-state index contributed by atoms with van der Waals surface area (Å²) in [7, 11) is 0. The van der Waals surface area contributed by atoms with Gasteiger partial charge in [-0.25, -0.2) is 0 Å². The normalized spacial score (nSPS) is 10.7. The molecule has 21 heavy (non-hydrogen) atoms. The van der Waals surface area contributed by atoms with E-state index in [0.717, 1.165) is 23.2 Å². The molecule has 3 nitrogen and oxygen atoms in total. The van der Waals surface area contributed by atoms with Crippen LogP contribution in [0.5, 0.6) is 0 Å². The Morgan fingerprint density at radius 3 is 2.67 bits per heavy atom. The minimum absolute atomic E-state index is 0.0925. The molecule has 0 aliphatic rings. The van der Waals surface area contributed by atoms with Gasteiger partial charge in [-0.1, -0.05) is 42.5 Å². The molecule has 0 bridgehead atoms. The highest BCUT2D eigenvalue weighted by Crippen LogP contribution is 2.13. The van der Waals surface area contributed by atoms with Gasteiger partial charge in [-0.15, -0.1) is 0 Å². The molecule has 0 radical (unpaired) electrons. The SMILES string of the molecule is Cc1ccc(/C=C/C(=O)NCCc2ccccc2)cc1N. The molecule has 0 spiro atoms. The molecule has 2 rings (SSSR count). The van der Waals surface area contributed by atoms with Gasteiger partial charge in [0.05, 0.1) is 0 Å². The third kappa shape index (κ3) is 4.80. The molecule has 2 aromatic rings. The first-order valence-electron chi connectivity index (χ1n) is 7.01. The zero-order valence-electron chi connectivity index (χ0n) is 12.2. The maximum Gasteiger partial charge on any atom is 0.244 e. The second-order valence-electron chi connectivity index (χ2n) is 4.98. The van der Waals surface area contributed by atoms with Crippen LogP contribution in [0.25, 0.3) is 6.08 Å². The van der Waals surface area contributed by atoms with Gasteiger partial charge >= 0.3 is 0 Å². The number of benzene rings is 2.